The molecule has 0 unspecified atom stereocenters. The molecule has 0 heterocycles. The largest absolute Gasteiger partial charge is 0.294 e. The summed E-state index contributed by atoms with van der Waals surface area (Å²) in [6.45, 7) is 3.11. The second kappa shape index (κ2) is 3.51. The highest BCUT2D eigenvalue weighted by Gasteiger charge is 2.12. The third-order valence-corrected chi connectivity index (χ3v) is 2.49. The summed E-state index contributed by atoms with van der Waals surface area (Å²) in [6.07, 6.45) is 0. The number of carbonyl (C=O) groups is 1. The number of aryl methyl sites for hydroxylation is 1. The molecule has 0 amide bonds. The zero-order chi connectivity index (χ0) is 9.30. The van der Waals surface area contributed by atoms with Crippen LogP contribution in [0.4, 0.5) is 4.39 Å². The summed E-state index contributed by atoms with van der Waals surface area (Å²) >= 11 is 1.87. The predicted molar refractivity (Wildman–Crippen MR) is 53.9 cm³/mol. The maximum absolute atomic E-state index is 13.3. The van der Waals surface area contributed by atoms with E-state index in [-0.39, 0.29) is 11.3 Å². The lowest BCUT2D eigenvalue weighted by Gasteiger charge is -2.04. The van der Waals surface area contributed by atoms with Crippen molar-refractivity contribution in [1.82, 2.24) is 0 Å². The monoisotopic (exact) mass is 278 g/mol. The highest BCUT2D eigenvalue weighted by atomic mass is 127. The molecule has 1 nitrogen and oxygen atoms in total. The van der Waals surface area contributed by atoms with Gasteiger partial charge in [0.1, 0.15) is 5.82 Å². The minimum Gasteiger partial charge on any atom is -0.294 e. The van der Waals surface area contributed by atoms with Crippen LogP contribution in [0.25, 0.3) is 0 Å². The maximum atomic E-state index is 13.3. The van der Waals surface area contributed by atoms with Crippen molar-refractivity contribution in [2.45, 2.75) is 13.8 Å². The first kappa shape index (κ1) is 9.64. The molecule has 0 aromatic heterocycles. The van der Waals surface area contributed by atoms with E-state index < -0.39 is 5.82 Å². The highest BCUT2D eigenvalue weighted by molar-refractivity contribution is 14.1. The van der Waals surface area contributed by atoms with Gasteiger partial charge in [-0.15, -0.1) is 0 Å². The first-order valence-electron chi connectivity index (χ1n) is 3.49. The van der Waals surface area contributed by atoms with Crippen molar-refractivity contribution in [3.8, 4) is 0 Å². The molecule has 1 aromatic carbocycles. The van der Waals surface area contributed by atoms with Gasteiger partial charge < -0.3 is 0 Å². The summed E-state index contributed by atoms with van der Waals surface area (Å²) in [6, 6.07) is 3.42. The first-order chi connectivity index (χ1) is 5.54. The van der Waals surface area contributed by atoms with Crippen LogP contribution in [-0.2, 0) is 0 Å². The van der Waals surface area contributed by atoms with E-state index in [2.05, 4.69) is 0 Å². The summed E-state index contributed by atoms with van der Waals surface area (Å²) < 4.78 is 13.8. The molecular formula is C9H8FIO. The average Bonchev–Trinajstić information content (AvgIpc) is 1.97. The van der Waals surface area contributed by atoms with Crippen LogP contribution in [0.2, 0.25) is 0 Å². The van der Waals surface area contributed by atoms with Crippen LogP contribution in [0.5, 0.6) is 0 Å². The molecule has 0 N–H and O–H groups in total. The van der Waals surface area contributed by atoms with E-state index in [4.69, 9.17) is 0 Å². The quantitative estimate of drug-likeness (QED) is 0.570. The molecule has 64 valence electrons. The Morgan fingerprint density at radius 3 is 2.50 bits per heavy atom. The molecule has 0 fully saturated rings. The SMILES string of the molecule is CC(=O)c1c(C)ccc(I)c1F. The van der Waals surface area contributed by atoms with Crippen LogP contribution in [0.15, 0.2) is 12.1 Å². The van der Waals surface area contributed by atoms with E-state index >= 15 is 0 Å². The Balaban J connectivity index is 3.43. The van der Waals surface area contributed by atoms with Gasteiger partial charge in [-0.25, -0.2) is 4.39 Å². The van der Waals surface area contributed by atoms with Crippen molar-refractivity contribution >= 4 is 28.4 Å². The third kappa shape index (κ3) is 1.65. The molecule has 3 heteroatoms. The first-order valence-corrected chi connectivity index (χ1v) is 4.57. The van der Waals surface area contributed by atoms with Gasteiger partial charge in [-0.1, -0.05) is 6.07 Å². The van der Waals surface area contributed by atoms with E-state index in [1.807, 2.05) is 22.6 Å². The third-order valence-electron chi connectivity index (χ3n) is 1.66. The second-order valence-corrected chi connectivity index (χ2v) is 3.77. The van der Waals surface area contributed by atoms with Crippen molar-refractivity contribution in [3.05, 3.63) is 32.6 Å². The highest BCUT2D eigenvalue weighted by Crippen LogP contribution is 2.19. The van der Waals surface area contributed by atoms with Gasteiger partial charge in [-0.2, -0.15) is 0 Å². The van der Waals surface area contributed by atoms with E-state index in [0.29, 0.717) is 9.13 Å². The molecule has 0 spiro atoms. The minimum atomic E-state index is -0.400. The lowest BCUT2D eigenvalue weighted by Crippen LogP contribution is -2.02. The fourth-order valence-electron chi connectivity index (χ4n) is 1.08. The smallest absolute Gasteiger partial charge is 0.163 e. The summed E-state index contributed by atoms with van der Waals surface area (Å²) in [5, 5.41) is 0. The molecule has 0 bridgehead atoms. The second-order valence-electron chi connectivity index (χ2n) is 2.61. The Hall–Kier alpha value is -0.450. The molecule has 0 aliphatic heterocycles. The zero-order valence-corrected chi connectivity index (χ0v) is 8.98. The van der Waals surface area contributed by atoms with Crippen LogP contribution < -0.4 is 0 Å². The fourth-order valence-corrected chi connectivity index (χ4v) is 1.53. The Morgan fingerprint density at radius 1 is 1.50 bits per heavy atom. The Labute approximate surface area is 84.1 Å². The van der Waals surface area contributed by atoms with Crippen LogP contribution in [-0.4, -0.2) is 5.78 Å². The van der Waals surface area contributed by atoms with Gasteiger partial charge in [0, 0.05) is 3.57 Å². The van der Waals surface area contributed by atoms with E-state index in [1.54, 1.807) is 19.1 Å². The molecular weight excluding hydrogens is 270 g/mol. The number of hydrogen-bond acceptors (Lipinski definition) is 1. The number of ketones is 1. The summed E-state index contributed by atoms with van der Waals surface area (Å²) in [4.78, 5) is 11.0. The Kier molecular flexibility index (Phi) is 2.82. The molecule has 0 aliphatic rings. The van der Waals surface area contributed by atoms with E-state index in [0.717, 1.165) is 0 Å². The molecule has 1 aromatic rings. The zero-order valence-electron chi connectivity index (χ0n) is 6.82. The standard InChI is InChI=1S/C9H8FIO/c1-5-3-4-7(11)9(10)8(5)6(2)12/h3-4H,1-2H3. The topological polar surface area (TPSA) is 17.1 Å². The molecule has 0 aliphatic carbocycles. The number of carbonyl (C=O) groups excluding carboxylic acids is 1. The number of halogens is 2. The van der Waals surface area contributed by atoms with Gasteiger partial charge in [-0.3, -0.25) is 4.79 Å². The van der Waals surface area contributed by atoms with Crippen molar-refractivity contribution in [1.29, 1.82) is 0 Å². The van der Waals surface area contributed by atoms with Crippen LogP contribution in [0, 0.1) is 16.3 Å². The van der Waals surface area contributed by atoms with E-state index in [9.17, 15) is 9.18 Å². The number of hydrogen-bond donors (Lipinski definition) is 0. The van der Waals surface area contributed by atoms with Crippen molar-refractivity contribution in [2.24, 2.45) is 0 Å². The van der Waals surface area contributed by atoms with E-state index in [1.165, 1.54) is 6.92 Å². The lowest BCUT2D eigenvalue weighted by molar-refractivity contribution is 0.101. The van der Waals surface area contributed by atoms with Crippen LogP contribution >= 0.6 is 22.6 Å². The van der Waals surface area contributed by atoms with Gasteiger partial charge in [0.15, 0.2) is 5.78 Å². The molecule has 1 rings (SSSR count). The van der Waals surface area contributed by atoms with Crippen molar-refractivity contribution in [2.75, 3.05) is 0 Å². The van der Waals surface area contributed by atoms with Crippen molar-refractivity contribution < 1.29 is 9.18 Å². The van der Waals surface area contributed by atoms with Gasteiger partial charge in [0.2, 0.25) is 0 Å². The number of rotatable bonds is 1. The summed E-state index contributed by atoms with van der Waals surface area (Å²) in [7, 11) is 0. The minimum absolute atomic E-state index is 0.210. The van der Waals surface area contributed by atoms with Gasteiger partial charge in [-0.05, 0) is 48.1 Å². The fraction of sp³-hybridized carbons (Fsp3) is 0.222. The molecule has 0 saturated carbocycles. The molecule has 12 heavy (non-hydrogen) atoms. The number of Topliss-reactive ketones (excluding diaryl/α,β-unsaturated/α-hetero) is 1. The maximum Gasteiger partial charge on any atom is 0.163 e. The van der Waals surface area contributed by atoms with Gasteiger partial charge >= 0.3 is 0 Å². The van der Waals surface area contributed by atoms with Gasteiger partial charge in [0.25, 0.3) is 0 Å². The Morgan fingerprint density at radius 2 is 2.08 bits per heavy atom. The summed E-state index contributed by atoms with van der Waals surface area (Å²) in [5.41, 5.74) is 0.905. The average molecular weight is 278 g/mol. The van der Waals surface area contributed by atoms with Crippen molar-refractivity contribution in [3.63, 3.8) is 0 Å². The molecule has 0 atom stereocenters. The van der Waals surface area contributed by atoms with Crippen LogP contribution in [0.3, 0.4) is 0 Å². The van der Waals surface area contributed by atoms with Crippen LogP contribution in [0.1, 0.15) is 22.8 Å². The lowest BCUT2D eigenvalue weighted by atomic mass is 10.1. The predicted octanol–water partition coefficient (Wildman–Crippen LogP) is 2.94. The normalized spacial score (nSPS) is 10.0. The van der Waals surface area contributed by atoms with Gasteiger partial charge in [0.05, 0.1) is 5.56 Å². The number of benzene rings is 1. The summed E-state index contributed by atoms with van der Waals surface area (Å²) in [5.74, 6) is -0.619. The molecule has 0 radical (unpaired) electrons. The Bertz CT molecular complexity index is 334. The molecule has 0 saturated heterocycles.